The standard InChI is InChI=1S/C12H20FN/c1-6-11(12(3,4)13)9-8-10-14(5)7-2/h6-9H,2,10H2,1,3-5H3/b9-8-,11-6+. The van der Waals surface area contributed by atoms with Crippen LogP contribution in [0.3, 0.4) is 0 Å². The Labute approximate surface area is 86.6 Å². The van der Waals surface area contributed by atoms with Gasteiger partial charge in [0.05, 0.1) is 0 Å². The minimum Gasteiger partial charge on any atom is -0.377 e. The van der Waals surface area contributed by atoms with Crippen molar-refractivity contribution < 1.29 is 4.39 Å². The summed E-state index contributed by atoms with van der Waals surface area (Å²) in [6.07, 6.45) is 7.28. The molecule has 0 saturated carbocycles. The molecule has 0 heterocycles. The van der Waals surface area contributed by atoms with Crippen LogP contribution >= 0.6 is 0 Å². The summed E-state index contributed by atoms with van der Waals surface area (Å²) >= 11 is 0. The van der Waals surface area contributed by atoms with Gasteiger partial charge >= 0.3 is 0 Å². The first kappa shape index (κ1) is 12.9. The van der Waals surface area contributed by atoms with E-state index in [9.17, 15) is 4.39 Å². The monoisotopic (exact) mass is 197 g/mol. The van der Waals surface area contributed by atoms with Gasteiger partial charge in [-0.15, -0.1) is 0 Å². The van der Waals surface area contributed by atoms with E-state index in [1.54, 1.807) is 26.1 Å². The number of hydrogen-bond acceptors (Lipinski definition) is 1. The van der Waals surface area contributed by atoms with Gasteiger partial charge in [-0.1, -0.05) is 24.8 Å². The van der Waals surface area contributed by atoms with Gasteiger partial charge in [0.2, 0.25) is 0 Å². The zero-order valence-electron chi connectivity index (χ0n) is 9.55. The van der Waals surface area contributed by atoms with Crippen LogP contribution in [0.4, 0.5) is 4.39 Å². The average molecular weight is 197 g/mol. The number of hydrogen-bond donors (Lipinski definition) is 0. The second-order valence-corrected chi connectivity index (χ2v) is 3.74. The molecule has 0 aromatic rings. The molecule has 80 valence electrons. The van der Waals surface area contributed by atoms with E-state index < -0.39 is 5.67 Å². The summed E-state index contributed by atoms with van der Waals surface area (Å²) in [5, 5.41) is 0. The zero-order chi connectivity index (χ0) is 11.2. The highest BCUT2D eigenvalue weighted by atomic mass is 19.1. The first-order valence-corrected chi connectivity index (χ1v) is 4.77. The number of nitrogens with zero attached hydrogens (tertiary/aromatic N) is 1. The number of alkyl halides is 1. The topological polar surface area (TPSA) is 3.24 Å². The Balaban J connectivity index is 4.28. The van der Waals surface area contributed by atoms with Gasteiger partial charge in [-0.3, -0.25) is 0 Å². The van der Waals surface area contributed by atoms with E-state index in [0.717, 1.165) is 6.54 Å². The molecule has 0 saturated heterocycles. The highest BCUT2D eigenvalue weighted by Gasteiger charge is 2.18. The van der Waals surface area contributed by atoms with Crippen LogP contribution in [0, 0.1) is 0 Å². The molecule has 0 aliphatic carbocycles. The molecule has 2 heteroatoms. The van der Waals surface area contributed by atoms with Crippen molar-refractivity contribution in [1.82, 2.24) is 4.90 Å². The van der Waals surface area contributed by atoms with Gasteiger partial charge in [-0.25, -0.2) is 4.39 Å². The maximum atomic E-state index is 13.5. The third kappa shape index (κ3) is 4.85. The Kier molecular flexibility index (Phi) is 5.21. The van der Waals surface area contributed by atoms with Crippen LogP contribution in [0.5, 0.6) is 0 Å². The predicted molar refractivity (Wildman–Crippen MR) is 60.9 cm³/mol. The fourth-order valence-corrected chi connectivity index (χ4v) is 1.06. The van der Waals surface area contributed by atoms with Crippen LogP contribution < -0.4 is 0 Å². The molecule has 0 aromatic carbocycles. The molecular weight excluding hydrogens is 177 g/mol. The number of halogens is 1. The molecule has 0 aliphatic heterocycles. The van der Waals surface area contributed by atoms with Crippen LogP contribution in [0.2, 0.25) is 0 Å². The Morgan fingerprint density at radius 1 is 1.50 bits per heavy atom. The normalized spacial score (nSPS) is 13.4. The van der Waals surface area contributed by atoms with Gasteiger partial charge in [0.25, 0.3) is 0 Å². The highest BCUT2D eigenvalue weighted by molar-refractivity contribution is 5.26. The van der Waals surface area contributed by atoms with Crippen molar-refractivity contribution in [2.24, 2.45) is 0 Å². The lowest BCUT2D eigenvalue weighted by atomic mass is 9.99. The fourth-order valence-electron chi connectivity index (χ4n) is 1.06. The summed E-state index contributed by atoms with van der Waals surface area (Å²) in [7, 11) is 1.92. The van der Waals surface area contributed by atoms with E-state index in [1.165, 1.54) is 0 Å². The highest BCUT2D eigenvalue weighted by Crippen LogP contribution is 2.21. The third-order valence-electron chi connectivity index (χ3n) is 2.00. The number of allylic oxidation sites excluding steroid dienone is 3. The van der Waals surface area contributed by atoms with Gasteiger partial charge in [0, 0.05) is 13.6 Å². The lowest BCUT2D eigenvalue weighted by molar-refractivity contribution is 0.273. The summed E-state index contributed by atoms with van der Waals surface area (Å²) in [6, 6.07) is 0. The predicted octanol–water partition coefficient (Wildman–Crippen LogP) is 3.31. The summed E-state index contributed by atoms with van der Waals surface area (Å²) in [6.45, 7) is 9.34. The Bertz CT molecular complexity index is 233. The molecular formula is C12H20FN. The van der Waals surface area contributed by atoms with Gasteiger partial charge in [-0.2, -0.15) is 0 Å². The summed E-state index contributed by atoms with van der Waals surface area (Å²) in [5.41, 5.74) is -0.562. The maximum absolute atomic E-state index is 13.5. The van der Waals surface area contributed by atoms with Gasteiger partial charge in [-0.05, 0) is 32.5 Å². The first-order valence-electron chi connectivity index (χ1n) is 4.77. The molecule has 1 nitrogen and oxygen atoms in total. The van der Waals surface area contributed by atoms with Gasteiger partial charge < -0.3 is 4.90 Å². The Hall–Kier alpha value is -1.05. The van der Waals surface area contributed by atoms with Crippen LogP contribution in [0.25, 0.3) is 0 Å². The first-order chi connectivity index (χ1) is 6.41. The molecule has 0 aliphatic rings. The third-order valence-corrected chi connectivity index (χ3v) is 2.00. The smallest absolute Gasteiger partial charge is 0.130 e. The fraction of sp³-hybridized carbons (Fsp3) is 0.500. The van der Waals surface area contributed by atoms with Crippen molar-refractivity contribution in [2.45, 2.75) is 26.4 Å². The van der Waals surface area contributed by atoms with Crippen molar-refractivity contribution in [2.75, 3.05) is 13.6 Å². The van der Waals surface area contributed by atoms with Crippen LogP contribution in [0.15, 0.2) is 36.6 Å². The molecule has 0 fully saturated rings. The van der Waals surface area contributed by atoms with Crippen LogP contribution in [-0.4, -0.2) is 24.2 Å². The molecule has 0 spiro atoms. The molecule has 0 amide bonds. The lowest BCUT2D eigenvalue weighted by Gasteiger charge is -2.16. The molecule has 0 unspecified atom stereocenters. The average Bonchev–Trinajstić information content (AvgIpc) is 2.09. The van der Waals surface area contributed by atoms with E-state index in [-0.39, 0.29) is 0 Å². The molecule has 0 rings (SSSR count). The van der Waals surface area contributed by atoms with Crippen molar-refractivity contribution in [3.63, 3.8) is 0 Å². The Morgan fingerprint density at radius 3 is 2.43 bits per heavy atom. The van der Waals surface area contributed by atoms with Crippen molar-refractivity contribution in [1.29, 1.82) is 0 Å². The molecule has 0 bridgehead atoms. The van der Waals surface area contributed by atoms with Crippen molar-refractivity contribution in [3.8, 4) is 0 Å². The van der Waals surface area contributed by atoms with Crippen LogP contribution in [0.1, 0.15) is 20.8 Å². The minimum atomic E-state index is -1.27. The maximum Gasteiger partial charge on any atom is 0.130 e. The van der Waals surface area contributed by atoms with E-state index in [2.05, 4.69) is 6.58 Å². The molecule has 14 heavy (non-hydrogen) atoms. The molecule has 0 aromatic heterocycles. The number of likely N-dealkylation sites (N-methyl/N-ethyl adjacent to an activating group) is 1. The van der Waals surface area contributed by atoms with Gasteiger partial charge in [0.1, 0.15) is 5.67 Å². The summed E-state index contributed by atoms with van der Waals surface area (Å²) in [4.78, 5) is 1.93. The van der Waals surface area contributed by atoms with Crippen molar-refractivity contribution in [3.05, 3.63) is 36.6 Å². The second kappa shape index (κ2) is 5.63. The van der Waals surface area contributed by atoms with E-state index in [1.807, 2.05) is 31.0 Å². The molecule has 0 radical (unpaired) electrons. The minimum absolute atomic E-state index is 0.704. The lowest BCUT2D eigenvalue weighted by Crippen LogP contribution is -2.15. The molecule has 0 N–H and O–H groups in total. The SMILES string of the molecule is C=CN(C)C/C=C\C(=C/C)C(C)(C)F. The number of rotatable bonds is 5. The van der Waals surface area contributed by atoms with E-state index in [4.69, 9.17) is 0 Å². The summed E-state index contributed by atoms with van der Waals surface area (Å²) in [5.74, 6) is 0. The Morgan fingerprint density at radius 2 is 2.07 bits per heavy atom. The second-order valence-electron chi connectivity index (χ2n) is 3.74. The van der Waals surface area contributed by atoms with E-state index in [0.29, 0.717) is 5.57 Å². The largest absolute Gasteiger partial charge is 0.377 e. The van der Waals surface area contributed by atoms with E-state index >= 15 is 0 Å². The van der Waals surface area contributed by atoms with Crippen molar-refractivity contribution >= 4 is 0 Å². The quantitative estimate of drug-likeness (QED) is 0.611. The zero-order valence-corrected chi connectivity index (χ0v) is 9.55. The van der Waals surface area contributed by atoms with Gasteiger partial charge in [0.15, 0.2) is 0 Å². The molecule has 0 atom stereocenters. The summed E-state index contributed by atoms with van der Waals surface area (Å²) < 4.78 is 13.5. The van der Waals surface area contributed by atoms with Crippen LogP contribution in [-0.2, 0) is 0 Å².